The molecule has 3 aromatic heterocycles. The highest BCUT2D eigenvalue weighted by molar-refractivity contribution is 7.19. The molecule has 2 aliphatic heterocycles. The number of hydrogen-bond acceptors (Lipinski definition) is 4. The third-order valence-corrected chi connectivity index (χ3v) is 10.7. The number of pyridine rings is 1. The fourth-order valence-corrected chi connectivity index (χ4v) is 8.20. The Kier molecular flexibility index (Phi) is 7.34. The van der Waals surface area contributed by atoms with E-state index in [-0.39, 0.29) is 6.04 Å². The van der Waals surface area contributed by atoms with Crippen LogP contribution in [0.4, 0.5) is 0 Å². The van der Waals surface area contributed by atoms with Crippen molar-refractivity contribution in [2.75, 3.05) is 6.54 Å². The molecule has 210 valence electrons. The van der Waals surface area contributed by atoms with E-state index < -0.39 is 5.41 Å². The quantitative estimate of drug-likeness (QED) is 0.235. The molecule has 3 fully saturated rings. The Morgan fingerprint density at radius 2 is 1.80 bits per heavy atom. The first kappa shape index (κ1) is 27.2. The minimum Gasteiger partial charge on any atom is -0.346 e. The highest BCUT2D eigenvalue weighted by Gasteiger charge is 2.43. The van der Waals surface area contributed by atoms with Crippen LogP contribution in [0, 0.1) is 19.8 Å². The van der Waals surface area contributed by atoms with Gasteiger partial charge in [-0.1, -0.05) is 17.2 Å². The molecular formula is C34H42N4OS. The summed E-state index contributed by atoms with van der Waals surface area (Å²) in [4.78, 5) is 26.4. The maximum atomic E-state index is 13.9. The average molecular weight is 555 g/mol. The molecule has 3 N–H and O–H groups in total. The molecule has 5 nitrogen and oxygen atoms in total. The third-order valence-electron chi connectivity index (χ3n) is 9.31. The summed E-state index contributed by atoms with van der Waals surface area (Å²) in [7, 11) is 0. The minimum absolute atomic E-state index is 0.00318. The van der Waals surface area contributed by atoms with Gasteiger partial charge in [0.05, 0.1) is 11.1 Å². The third kappa shape index (κ3) is 5.12. The lowest BCUT2D eigenvalue weighted by molar-refractivity contribution is -0.143. The maximum Gasteiger partial charge on any atom is 0.233 e. The molecule has 1 amide bonds. The zero-order chi connectivity index (χ0) is 28.0. The van der Waals surface area contributed by atoms with Gasteiger partial charge in [0.1, 0.15) is 4.83 Å². The van der Waals surface area contributed by atoms with Crippen LogP contribution in [0.5, 0.6) is 0 Å². The Morgan fingerprint density at radius 3 is 2.45 bits per heavy atom. The zero-order valence-electron chi connectivity index (χ0n) is 24.3. The highest BCUT2D eigenvalue weighted by Crippen LogP contribution is 2.43. The number of fused-ring (bicyclic) bond motifs is 4. The van der Waals surface area contributed by atoms with Gasteiger partial charge in [0, 0.05) is 41.3 Å². The summed E-state index contributed by atoms with van der Waals surface area (Å²) in [6.45, 7) is 9.51. The maximum absolute atomic E-state index is 13.9. The van der Waals surface area contributed by atoms with Crippen molar-refractivity contribution in [1.82, 2.24) is 14.9 Å². The largest absolute Gasteiger partial charge is 0.346 e. The summed E-state index contributed by atoms with van der Waals surface area (Å²) in [5.74, 6) is 0.985. The number of aromatic nitrogens is 2. The van der Waals surface area contributed by atoms with Gasteiger partial charge in [0.2, 0.25) is 5.91 Å². The summed E-state index contributed by atoms with van der Waals surface area (Å²) < 4.78 is 0. The SMILES string of the molecule is Cc1cc(C)cc(-c2[nH]c3sc(C(C)(C)C(=O)N4CC5CCC4CC5)cc3c2CCCC(N)c2ccncc2)c1. The molecule has 1 atom stereocenters. The molecule has 7 rings (SSSR count). The van der Waals surface area contributed by atoms with E-state index in [0.717, 1.165) is 36.2 Å². The predicted octanol–water partition coefficient (Wildman–Crippen LogP) is 7.61. The van der Waals surface area contributed by atoms with Crippen molar-refractivity contribution in [3.8, 4) is 11.3 Å². The molecular weight excluding hydrogens is 512 g/mol. The van der Waals surface area contributed by atoms with E-state index in [0.29, 0.717) is 17.9 Å². The Morgan fingerprint density at radius 1 is 1.10 bits per heavy atom. The number of rotatable bonds is 8. The molecule has 2 saturated heterocycles. The number of benzene rings is 1. The Bertz CT molecular complexity index is 1490. The van der Waals surface area contributed by atoms with Gasteiger partial charge in [0.25, 0.3) is 0 Å². The number of nitrogens with zero attached hydrogens (tertiary/aromatic N) is 2. The Hall–Kier alpha value is -2.96. The number of aromatic amines is 1. The number of nitrogens with one attached hydrogen (secondary N) is 1. The summed E-state index contributed by atoms with van der Waals surface area (Å²) >= 11 is 1.76. The van der Waals surface area contributed by atoms with Gasteiger partial charge in [-0.25, -0.2) is 0 Å². The molecule has 40 heavy (non-hydrogen) atoms. The van der Waals surface area contributed by atoms with Crippen molar-refractivity contribution in [1.29, 1.82) is 0 Å². The topological polar surface area (TPSA) is 75.0 Å². The monoisotopic (exact) mass is 554 g/mol. The van der Waals surface area contributed by atoms with Crippen molar-refractivity contribution >= 4 is 27.5 Å². The van der Waals surface area contributed by atoms with Crippen LogP contribution >= 0.6 is 11.3 Å². The van der Waals surface area contributed by atoms with Gasteiger partial charge in [-0.2, -0.15) is 0 Å². The molecule has 6 heteroatoms. The van der Waals surface area contributed by atoms with E-state index in [2.05, 4.69) is 66.8 Å². The predicted molar refractivity (Wildman–Crippen MR) is 166 cm³/mol. The molecule has 1 aliphatic carbocycles. The first-order chi connectivity index (χ1) is 19.2. The summed E-state index contributed by atoms with van der Waals surface area (Å²) in [5, 5.41) is 1.26. The highest BCUT2D eigenvalue weighted by atomic mass is 32.1. The van der Waals surface area contributed by atoms with Crippen molar-refractivity contribution < 1.29 is 4.79 Å². The first-order valence-electron chi connectivity index (χ1n) is 14.9. The lowest BCUT2D eigenvalue weighted by Crippen LogP contribution is -2.55. The number of thiophene rings is 1. The van der Waals surface area contributed by atoms with E-state index >= 15 is 0 Å². The van der Waals surface area contributed by atoms with Crippen LogP contribution in [-0.2, 0) is 16.6 Å². The second-order valence-electron chi connectivity index (χ2n) is 12.7. The Labute approximate surface area is 242 Å². The molecule has 2 bridgehead atoms. The second kappa shape index (κ2) is 10.8. The van der Waals surface area contributed by atoms with Crippen molar-refractivity contribution in [2.45, 2.75) is 90.1 Å². The van der Waals surface area contributed by atoms with E-state index in [1.54, 1.807) is 11.3 Å². The number of hydrogen-bond donors (Lipinski definition) is 2. The Balaban J connectivity index is 1.31. The van der Waals surface area contributed by atoms with Crippen LogP contribution in [-0.4, -0.2) is 33.4 Å². The smallest absolute Gasteiger partial charge is 0.233 e. The zero-order valence-corrected chi connectivity index (χ0v) is 25.1. The average Bonchev–Trinajstić information content (AvgIpc) is 3.53. The van der Waals surface area contributed by atoms with Gasteiger partial charge in [-0.3, -0.25) is 9.78 Å². The fourth-order valence-electron chi connectivity index (χ4n) is 7.02. The second-order valence-corrected chi connectivity index (χ2v) is 13.8. The van der Waals surface area contributed by atoms with E-state index in [1.165, 1.54) is 63.8 Å². The lowest BCUT2D eigenvalue weighted by Gasteiger charge is -2.47. The molecule has 1 unspecified atom stereocenters. The molecule has 1 aromatic carbocycles. The number of H-pyrrole nitrogens is 1. The normalized spacial score (nSPS) is 19.9. The van der Waals surface area contributed by atoms with Crippen LogP contribution in [0.15, 0.2) is 48.8 Å². The minimum atomic E-state index is -0.539. The van der Waals surface area contributed by atoms with Crippen molar-refractivity contribution in [2.24, 2.45) is 11.7 Å². The molecule has 0 spiro atoms. The standard InChI is InChI=1S/C34H42N4OS/c1-21-16-22(2)18-25(17-21)31-27(6-5-7-29(35)24-12-14-36-15-13-24)28-19-30(40-32(28)37-31)34(3,4)33(39)38-20-23-8-10-26(38)11-9-23/h12-19,23,26,29,37H,5-11,20,35H2,1-4H3. The fraction of sp³-hybridized carbons (Fsp3) is 0.471. The molecule has 0 radical (unpaired) electrons. The van der Waals surface area contributed by atoms with Gasteiger partial charge in [-0.05, 0) is 126 Å². The van der Waals surface area contributed by atoms with Crippen LogP contribution in [0.2, 0.25) is 0 Å². The molecule has 5 heterocycles. The molecule has 4 aromatic rings. The molecule has 1 saturated carbocycles. The van der Waals surface area contributed by atoms with Crippen LogP contribution in [0.1, 0.15) is 85.5 Å². The summed E-state index contributed by atoms with van der Waals surface area (Å²) in [6, 6.07) is 13.5. The van der Waals surface area contributed by atoms with Crippen LogP contribution in [0.3, 0.4) is 0 Å². The van der Waals surface area contributed by atoms with Crippen molar-refractivity contribution in [3.05, 3.63) is 75.9 Å². The number of piperidine rings is 2. The number of carbonyl (C=O) groups excluding carboxylic acids is 1. The van der Waals surface area contributed by atoms with Gasteiger partial charge < -0.3 is 15.6 Å². The van der Waals surface area contributed by atoms with Crippen LogP contribution in [0.25, 0.3) is 21.5 Å². The van der Waals surface area contributed by atoms with Gasteiger partial charge >= 0.3 is 0 Å². The van der Waals surface area contributed by atoms with Gasteiger partial charge in [-0.15, -0.1) is 11.3 Å². The summed E-state index contributed by atoms with van der Waals surface area (Å²) in [5.41, 5.74) is 13.4. The van der Waals surface area contributed by atoms with E-state index in [9.17, 15) is 4.79 Å². The van der Waals surface area contributed by atoms with E-state index in [4.69, 9.17) is 5.73 Å². The van der Waals surface area contributed by atoms with E-state index in [1.807, 2.05) is 24.5 Å². The number of carbonyl (C=O) groups is 1. The van der Waals surface area contributed by atoms with Crippen LogP contribution < -0.4 is 5.73 Å². The summed E-state index contributed by atoms with van der Waals surface area (Å²) in [6.07, 6.45) is 11.4. The molecule has 3 aliphatic rings. The number of amides is 1. The lowest BCUT2D eigenvalue weighted by atomic mass is 9.78. The number of nitrogens with two attached hydrogens (primary N) is 1. The number of aryl methyl sites for hydroxylation is 3. The van der Waals surface area contributed by atoms with Crippen molar-refractivity contribution in [3.63, 3.8) is 0 Å². The van der Waals surface area contributed by atoms with Gasteiger partial charge in [0.15, 0.2) is 0 Å². The first-order valence-corrected chi connectivity index (χ1v) is 15.7.